The van der Waals surface area contributed by atoms with Crippen molar-refractivity contribution in [1.82, 2.24) is 16.0 Å². The highest BCUT2D eigenvalue weighted by Crippen LogP contribution is 2.07. The number of hydrogen-bond acceptors (Lipinski definition) is 3. The Hall–Kier alpha value is -3.22. The van der Waals surface area contributed by atoms with E-state index >= 15 is 0 Å². The molecule has 0 saturated heterocycles. The van der Waals surface area contributed by atoms with Gasteiger partial charge in [0.25, 0.3) is 5.91 Å². The molecule has 2 aromatic rings. The van der Waals surface area contributed by atoms with Crippen LogP contribution in [0.3, 0.4) is 0 Å². The first-order valence-corrected chi connectivity index (χ1v) is 9.01. The Morgan fingerprint density at radius 2 is 1.57 bits per heavy atom. The van der Waals surface area contributed by atoms with Crippen molar-refractivity contribution in [3.8, 4) is 0 Å². The van der Waals surface area contributed by atoms with Crippen LogP contribution in [-0.2, 0) is 16.1 Å². The third-order valence-electron chi connectivity index (χ3n) is 4.10. The summed E-state index contributed by atoms with van der Waals surface area (Å²) in [6.07, 6.45) is 0. The van der Waals surface area contributed by atoms with E-state index < -0.39 is 23.7 Å². The Bertz CT molecular complexity index is 807. The Morgan fingerprint density at radius 3 is 2.18 bits per heavy atom. The minimum absolute atomic E-state index is 0.193. The molecular weight excluding hydrogens is 361 g/mol. The maximum Gasteiger partial charge on any atom is 0.251 e. The lowest BCUT2D eigenvalue weighted by atomic mass is 10.0. The van der Waals surface area contributed by atoms with Gasteiger partial charge in [0.2, 0.25) is 11.8 Å². The van der Waals surface area contributed by atoms with Crippen LogP contribution in [-0.4, -0.2) is 30.3 Å². The molecule has 7 heteroatoms. The molecule has 0 heterocycles. The van der Waals surface area contributed by atoms with Crippen LogP contribution < -0.4 is 16.0 Å². The summed E-state index contributed by atoms with van der Waals surface area (Å²) in [5.74, 6) is -1.92. The first-order valence-electron chi connectivity index (χ1n) is 9.01. The van der Waals surface area contributed by atoms with E-state index in [1.165, 1.54) is 24.3 Å². The van der Waals surface area contributed by atoms with Gasteiger partial charge in [-0.3, -0.25) is 14.4 Å². The monoisotopic (exact) mass is 385 g/mol. The molecule has 0 spiro atoms. The molecule has 2 rings (SSSR count). The summed E-state index contributed by atoms with van der Waals surface area (Å²) in [6.45, 7) is 3.74. The molecule has 6 nitrogen and oxygen atoms in total. The van der Waals surface area contributed by atoms with E-state index in [1.54, 1.807) is 13.8 Å². The van der Waals surface area contributed by atoms with E-state index in [-0.39, 0.29) is 23.9 Å². The molecule has 0 aliphatic heterocycles. The molecule has 2 aromatic carbocycles. The first-order chi connectivity index (χ1) is 13.4. The predicted molar refractivity (Wildman–Crippen MR) is 104 cm³/mol. The molecule has 0 saturated carbocycles. The number of hydrogen-bond donors (Lipinski definition) is 3. The fourth-order valence-electron chi connectivity index (χ4n) is 2.50. The van der Waals surface area contributed by atoms with Crippen molar-refractivity contribution < 1.29 is 18.8 Å². The van der Waals surface area contributed by atoms with E-state index in [0.29, 0.717) is 6.54 Å². The topological polar surface area (TPSA) is 87.3 Å². The fraction of sp³-hybridized carbons (Fsp3) is 0.286. The average Bonchev–Trinajstić information content (AvgIpc) is 2.69. The van der Waals surface area contributed by atoms with Crippen LogP contribution in [0.25, 0.3) is 0 Å². The van der Waals surface area contributed by atoms with Crippen molar-refractivity contribution in [2.75, 3.05) is 6.54 Å². The molecule has 3 amide bonds. The van der Waals surface area contributed by atoms with Gasteiger partial charge in [-0.1, -0.05) is 44.2 Å². The number of nitrogens with one attached hydrogen (secondary N) is 3. The van der Waals surface area contributed by atoms with Gasteiger partial charge in [0.15, 0.2) is 0 Å². The summed E-state index contributed by atoms with van der Waals surface area (Å²) < 4.78 is 13.0. The second kappa shape index (κ2) is 10.2. The summed E-state index contributed by atoms with van der Waals surface area (Å²) in [6, 6.07) is 13.6. The molecule has 0 radical (unpaired) electrons. The van der Waals surface area contributed by atoms with Crippen LogP contribution in [0.2, 0.25) is 0 Å². The zero-order chi connectivity index (χ0) is 20.5. The Labute approximate surface area is 163 Å². The van der Waals surface area contributed by atoms with Gasteiger partial charge in [0, 0.05) is 12.1 Å². The Kier molecular flexibility index (Phi) is 7.68. The second-order valence-corrected chi connectivity index (χ2v) is 6.68. The van der Waals surface area contributed by atoms with E-state index in [2.05, 4.69) is 16.0 Å². The van der Waals surface area contributed by atoms with Gasteiger partial charge in [-0.2, -0.15) is 0 Å². The quantitative estimate of drug-likeness (QED) is 0.650. The smallest absolute Gasteiger partial charge is 0.251 e. The Balaban J connectivity index is 1.85. The van der Waals surface area contributed by atoms with Crippen LogP contribution in [0.15, 0.2) is 54.6 Å². The van der Waals surface area contributed by atoms with Gasteiger partial charge in [0.1, 0.15) is 11.9 Å². The van der Waals surface area contributed by atoms with Crippen molar-refractivity contribution in [2.24, 2.45) is 5.92 Å². The number of benzene rings is 2. The van der Waals surface area contributed by atoms with E-state index in [1.807, 2.05) is 30.3 Å². The van der Waals surface area contributed by atoms with Crippen molar-refractivity contribution in [3.63, 3.8) is 0 Å². The third-order valence-corrected chi connectivity index (χ3v) is 4.10. The molecular formula is C21H24FN3O3. The maximum absolute atomic E-state index is 13.0. The lowest BCUT2D eigenvalue weighted by molar-refractivity contribution is -0.127. The standard InChI is InChI=1S/C21H24FN3O3/c1-14(2)19(25-20(27)16-8-10-17(22)11-9-16)21(28)24-13-18(26)23-12-15-6-4-3-5-7-15/h3-11,14,19H,12-13H2,1-2H3,(H,23,26)(H,24,28)(H,25,27). The van der Waals surface area contributed by atoms with E-state index in [9.17, 15) is 18.8 Å². The molecule has 1 atom stereocenters. The van der Waals surface area contributed by atoms with Crippen LogP contribution in [0, 0.1) is 11.7 Å². The highest BCUT2D eigenvalue weighted by Gasteiger charge is 2.25. The molecule has 148 valence electrons. The summed E-state index contributed by atoms with van der Waals surface area (Å²) in [7, 11) is 0. The molecule has 0 aliphatic rings. The summed E-state index contributed by atoms with van der Waals surface area (Å²) in [4.78, 5) is 36.6. The SMILES string of the molecule is CC(C)C(NC(=O)c1ccc(F)cc1)C(=O)NCC(=O)NCc1ccccc1. The minimum Gasteiger partial charge on any atom is -0.350 e. The highest BCUT2D eigenvalue weighted by atomic mass is 19.1. The van der Waals surface area contributed by atoms with E-state index in [0.717, 1.165) is 5.56 Å². The lowest BCUT2D eigenvalue weighted by Crippen LogP contribution is -2.51. The van der Waals surface area contributed by atoms with Crippen molar-refractivity contribution in [3.05, 3.63) is 71.5 Å². The van der Waals surface area contributed by atoms with Crippen LogP contribution in [0.5, 0.6) is 0 Å². The summed E-state index contributed by atoms with van der Waals surface area (Å²) in [5, 5.41) is 7.89. The zero-order valence-corrected chi connectivity index (χ0v) is 15.9. The fourth-order valence-corrected chi connectivity index (χ4v) is 2.50. The van der Waals surface area contributed by atoms with Crippen LogP contribution >= 0.6 is 0 Å². The number of rotatable bonds is 8. The molecule has 3 N–H and O–H groups in total. The lowest BCUT2D eigenvalue weighted by Gasteiger charge is -2.21. The number of halogens is 1. The summed E-state index contributed by atoms with van der Waals surface area (Å²) in [5.41, 5.74) is 1.20. The van der Waals surface area contributed by atoms with Gasteiger partial charge in [0.05, 0.1) is 6.54 Å². The molecule has 0 fully saturated rings. The molecule has 28 heavy (non-hydrogen) atoms. The van der Waals surface area contributed by atoms with Gasteiger partial charge in [-0.05, 0) is 35.7 Å². The minimum atomic E-state index is -0.820. The first kappa shape index (κ1) is 21.1. The zero-order valence-electron chi connectivity index (χ0n) is 15.9. The Morgan fingerprint density at radius 1 is 0.929 bits per heavy atom. The number of amides is 3. The molecule has 0 bridgehead atoms. The average molecular weight is 385 g/mol. The van der Waals surface area contributed by atoms with Crippen LogP contribution in [0.4, 0.5) is 4.39 Å². The molecule has 0 aromatic heterocycles. The number of carbonyl (C=O) groups is 3. The van der Waals surface area contributed by atoms with Crippen LogP contribution in [0.1, 0.15) is 29.8 Å². The van der Waals surface area contributed by atoms with Crippen molar-refractivity contribution in [1.29, 1.82) is 0 Å². The van der Waals surface area contributed by atoms with E-state index in [4.69, 9.17) is 0 Å². The van der Waals surface area contributed by atoms with Gasteiger partial charge in [-0.25, -0.2) is 4.39 Å². The largest absolute Gasteiger partial charge is 0.350 e. The maximum atomic E-state index is 13.0. The third kappa shape index (κ3) is 6.50. The van der Waals surface area contributed by atoms with Gasteiger partial charge in [-0.15, -0.1) is 0 Å². The second-order valence-electron chi connectivity index (χ2n) is 6.68. The predicted octanol–water partition coefficient (Wildman–Crippen LogP) is 2.01. The van der Waals surface area contributed by atoms with Crippen molar-refractivity contribution in [2.45, 2.75) is 26.4 Å². The normalized spacial score (nSPS) is 11.6. The van der Waals surface area contributed by atoms with Gasteiger partial charge >= 0.3 is 0 Å². The summed E-state index contributed by atoms with van der Waals surface area (Å²) >= 11 is 0. The van der Waals surface area contributed by atoms with Gasteiger partial charge < -0.3 is 16.0 Å². The van der Waals surface area contributed by atoms with Crippen molar-refractivity contribution >= 4 is 17.7 Å². The molecule has 1 unspecified atom stereocenters. The number of carbonyl (C=O) groups excluding carboxylic acids is 3. The molecule has 0 aliphatic carbocycles. The highest BCUT2D eigenvalue weighted by molar-refractivity contribution is 5.98.